The van der Waals surface area contributed by atoms with E-state index in [4.69, 9.17) is 16.3 Å². The van der Waals surface area contributed by atoms with Gasteiger partial charge in [0.25, 0.3) is 5.56 Å². The average molecular weight is 309 g/mol. The van der Waals surface area contributed by atoms with E-state index in [-0.39, 0.29) is 36.3 Å². The lowest BCUT2D eigenvalue weighted by molar-refractivity contribution is 0.0109. The molecule has 1 aromatic heterocycles. The van der Waals surface area contributed by atoms with Gasteiger partial charge in [-0.2, -0.15) is 4.31 Å². The lowest BCUT2D eigenvalue weighted by Crippen LogP contribution is -2.50. The molecule has 1 aromatic rings. The fourth-order valence-electron chi connectivity index (χ4n) is 1.82. The van der Waals surface area contributed by atoms with Gasteiger partial charge in [-0.1, -0.05) is 11.6 Å². The number of sulfonamides is 1. The number of halogens is 1. The maximum Gasteiger partial charge on any atom is 0.266 e. The summed E-state index contributed by atoms with van der Waals surface area (Å²) in [5, 5.41) is 9.00. The first-order valence-electron chi connectivity index (χ1n) is 5.55. The molecule has 0 bridgehead atoms. The molecule has 0 saturated carbocycles. The number of rotatable bonds is 3. The topological polar surface area (TPSA) is 99.7 Å². The summed E-state index contributed by atoms with van der Waals surface area (Å²) in [5.41, 5.74) is -0.554. The lowest BCUT2D eigenvalue weighted by Gasteiger charge is -2.33. The Hall–Kier alpha value is -0.930. The molecule has 0 amide bonds. The second kappa shape index (κ2) is 5.59. The van der Waals surface area contributed by atoms with E-state index in [1.807, 2.05) is 0 Å². The summed E-state index contributed by atoms with van der Waals surface area (Å²) < 4.78 is 31.1. The number of pyridine rings is 1. The van der Waals surface area contributed by atoms with Crippen molar-refractivity contribution in [3.8, 4) is 0 Å². The van der Waals surface area contributed by atoms with Crippen LogP contribution in [0.2, 0.25) is 5.02 Å². The van der Waals surface area contributed by atoms with E-state index >= 15 is 0 Å². The molecule has 2 N–H and O–H groups in total. The number of aliphatic hydroxyl groups is 1. The maximum atomic E-state index is 12.4. The summed E-state index contributed by atoms with van der Waals surface area (Å²) in [4.78, 5) is 13.3. The molecule has 1 aliphatic rings. The summed E-state index contributed by atoms with van der Waals surface area (Å²) in [6.07, 6.45) is 1.09. The molecule has 9 heteroatoms. The van der Waals surface area contributed by atoms with Crippen molar-refractivity contribution >= 4 is 21.6 Å². The number of ether oxygens (including phenoxy) is 1. The fourth-order valence-corrected chi connectivity index (χ4v) is 3.64. The van der Waals surface area contributed by atoms with Crippen LogP contribution in [0.25, 0.3) is 0 Å². The summed E-state index contributed by atoms with van der Waals surface area (Å²) in [5.74, 6) is 0. The van der Waals surface area contributed by atoms with E-state index < -0.39 is 21.6 Å². The first-order valence-corrected chi connectivity index (χ1v) is 7.37. The first-order chi connectivity index (χ1) is 8.96. The van der Waals surface area contributed by atoms with Crippen LogP contribution in [0.1, 0.15) is 0 Å². The minimum Gasteiger partial charge on any atom is -0.395 e. The van der Waals surface area contributed by atoms with Gasteiger partial charge >= 0.3 is 0 Å². The zero-order chi connectivity index (χ0) is 14.0. The second-order valence-electron chi connectivity index (χ2n) is 4.04. The largest absolute Gasteiger partial charge is 0.395 e. The highest BCUT2D eigenvalue weighted by Gasteiger charge is 2.34. The maximum absolute atomic E-state index is 12.4. The van der Waals surface area contributed by atoms with E-state index in [0.717, 1.165) is 16.6 Å². The first kappa shape index (κ1) is 14.5. The van der Waals surface area contributed by atoms with Gasteiger partial charge in [-0.25, -0.2) is 8.42 Å². The minimum atomic E-state index is -3.82. The van der Waals surface area contributed by atoms with Gasteiger partial charge in [-0.05, 0) is 6.07 Å². The van der Waals surface area contributed by atoms with Crippen LogP contribution < -0.4 is 5.56 Å². The summed E-state index contributed by atoms with van der Waals surface area (Å²) in [7, 11) is -3.82. The third kappa shape index (κ3) is 2.82. The highest BCUT2D eigenvalue weighted by atomic mass is 35.5. The van der Waals surface area contributed by atoms with Crippen LogP contribution >= 0.6 is 11.6 Å². The molecule has 2 heterocycles. The number of aromatic amines is 1. The Morgan fingerprint density at radius 1 is 1.58 bits per heavy atom. The molecule has 0 aliphatic carbocycles. The van der Waals surface area contributed by atoms with Crippen molar-refractivity contribution in [3.05, 3.63) is 27.6 Å². The molecule has 0 radical (unpaired) electrons. The van der Waals surface area contributed by atoms with E-state index in [9.17, 15) is 18.3 Å². The van der Waals surface area contributed by atoms with Crippen molar-refractivity contribution in [1.82, 2.24) is 9.29 Å². The van der Waals surface area contributed by atoms with Gasteiger partial charge in [0, 0.05) is 12.7 Å². The molecule has 7 nitrogen and oxygen atoms in total. The number of nitrogens with zero attached hydrogens (tertiary/aromatic N) is 1. The number of hydrogen-bond donors (Lipinski definition) is 2. The van der Waals surface area contributed by atoms with Crippen LogP contribution in [-0.2, 0) is 14.8 Å². The molecule has 0 aromatic carbocycles. The number of aliphatic hydroxyl groups excluding tert-OH is 1. The van der Waals surface area contributed by atoms with Crippen molar-refractivity contribution in [2.24, 2.45) is 0 Å². The SMILES string of the molecule is O=c1[nH]cc(S(=O)(=O)N2CCOCC2CO)cc1Cl. The third-order valence-corrected chi connectivity index (χ3v) is 5.03. The highest BCUT2D eigenvalue weighted by Crippen LogP contribution is 2.20. The van der Waals surface area contributed by atoms with Crippen molar-refractivity contribution in [2.75, 3.05) is 26.4 Å². The predicted molar refractivity (Wildman–Crippen MR) is 67.7 cm³/mol. The van der Waals surface area contributed by atoms with Crippen LogP contribution in [-0.4, -0.2) is 55.2 Å². The van der Waals surface area contributed by atoms with Gasteiger partial charge in [-0.3, -0.25) is 4.79 Å². The van der Waals surface area contributed by atoms with Crippen LogP contribution in [0.15, 0.2) is 22.0 Å². The summed E-state index contributed by atoms with van der Waals surface area (Å²) in [6.45, 7) is 0.195. The Bertz CT molecular complexity index is 615. The number of morpholine rings is 1. The molecule has 1 unspecified atom stereocenters. The smallest absolute Gasteiger partial charge is 0.266 e. The van der Waals surface area contributed by atoms with Gasteiger partial charge in [0.2, 0.25) is 10.0 Å². The molecular weight excluding hydrogens is 296 g/mol. The fraction of sp³-hybridized carbons (Fsp3) is 0.500. The van der Waals surface area contributed by atoms with Gasteiger partial charge in [0.1, 0.15) is 5.02 Å². The molecule has 19 heavy (non-hydrogen) atoms. The number of nitrogens with one attached hydrogen (secondary N) is 1. The molecule has 0 spiro atoms. The highest BCUT2D eigenvalue weighted by molar-refractivity contribution is 7.89. The third-order valence-electron chi connectivity index (χ3n) is 2.82. The average Bonchev–Trinajstić information content (AvgIpc) is 2.41. The number of hydrogen-bond acceptors (Lipinski definition) is 5. The Balaban J connectivity index is 2.40. The van der Waals surface area contributed by atoms with Gasteiger partial charge < -0.3 is 14.8 Å². The molecule has 1 aliphatic heterocycles. The monoisotopic (exact) mass is 308 g/mol. The molecule has 1 atom stereocenters. The van der Waals surface area contributed by atoms with Gasteiger partial charge in [0.15, 0.2) is 0 Å². The van der Waals surface area contributed by atoms with E-state index in [1.54, 1.807) is 0 Å². The second-order valence-corrected chi connectivity index (χ2v) is 6.34. The number of aromatic nitrogens is 1. The van der Waals surface area contributed by atoms with Crippen molar-refractivity contribution in [2.45, 2.75) is 10.9 Å². The number of H-pyrrole nitrogens is 1. The molecule has 2 rings (SSSR count). The van der Waals surface area contributed by atoms with Crippen molar-refractivity contribution < 1.29 is 18.3 Å². The van der Waals surface area contributed by atoms with E-state index in [1.165, 1.54) is 0 Å². The standard InChI is InChI=1S/C10H13ClN2O5S/c11-9-3-8(4-12-10(9)15)19(16,17)13-1-2-18-6-7(13)5-14/h3-4,7,14H,1-2,5-6H2,(H,12,15). The predicted octanol–water partition coefficient (Wildman–Crippen LogP) is -0.590. The molecule has 1 fully saturated rings. The molecule has 1 saturated heterocycles. The van der Waals surface area contributed by atoms with Crippen molar-refractivity contribution in [3.63, 3.8) is 0 Å². The Morgan fingerprint density at radius 2 is 2.32 bits per heavy atom. The quantitative estimate of drug-likeness (QED) is 0.777. The summed E-state index contributed by atoms with van der Waals surface area (Å²) in [6, 6.07) is 0.462. The van der Waals surface area contributed by atoms with Gasteiger partial charge in [0.05, 0.1) is 30.8 Å². The Morgan fingerprint density at radius 3 is 2.95 bits per heavy atom. The Kier molecular flexibility index (Phi) is 4.26. The van der Waals surface area contributed by atoms with Crippen LogP contribution in [0.4, 0.5) is 0 Å². The molecular formula is C10H13ClN2O5S. The zero-order valence-corrected chi connectivity index (χ0v) is 11.4. The zero-order valence-electron chi connectivity index (χ0n) is 9.87. The van der Waals surface area contributed by atoms with E-state index in [0.29, 0.717) is 0 Å². The Labute approximate surface area is 114 Å². The minimum absolute atomic E-state index is 0.113. The van der Waals surface area contributed by atoms with Crippen LogP contribution in [0.3, 0.4) is 0 Å². The van der Waals surface area contributed by atoms with E-state index in [2.05, 4.69) is 4.98 Å². The lowest BCUT2D eigenvalue weighted by atomic mass is 10.3. The van der Waals surface area contributed by atoms with Crippen LogP contribution in [0.5, 0.6) is 0 Å². The van der Waals surface area contributed by atoms with Crippen molar-refractivity contribution in [1.29, 1.82) is 0 Å². The van der Waals surface area contributed by atoms with Crippen LogP contribution in [0, 0.1) is 0 Å². The van der Waals surface area contributed by atoms with Gasteiger partial charge in [-0.15, -0.1) is 0 Å². The summed E-state index contributed by atoms with van der Waals surface area (Å²) >= 11 is 5.63. The molecule has 106 valence electrons. The normalized spacial score (nSPS) is 21.5.